The van der Waals surface area contributed by atoms with E-state index in [-0.39, 0.29) is 0 Å². The lowest BCUT2D eigenvalue weighted by Crippen LogP contribution is -2.51. The van der Waals surface area contributed by atoms with E-state index in [2.05, 4.69) is 4.90 Å². The minimum atomic E-state index is -3.79. The number of rotatable bonds is 6. The average Bonchev–Trinajstić information content (AvgIpc) is 3.34. The molecule has 0 bridgehead atoms. The molecule has 2 aliphatic rings. The maximum Gasteiger partial charge on any atom is 0.250 e. The van der Waals surface area contributed by atoms with Crippen LogP contribution in [0.3, 0.4) is 0 Å². The van der Waals surface area contributed by atoms with Gasteiger partial charge in [0.25, 0.3) is 0 Å². The summed E-state index contributed by atoms with van der Waals surface area (Å²) in [5.41, 5.74) is 1.98. The Balaban J connectivity index is 1.31. The lowest BCUT2D eigenvalue weighted by molar-refractivity contribution is -0.169. The number of carbonyl (C=O) groups is 1. The fourth-order valence-electron chi connectivity index (χ4n) is 3.96. The normalized spacial score (nSPS) is 18.8. The number of benzene rings is 1. The monoisotopic (exact) mass is 449 g/mol. The van der Waals surface area contributed by atoms with Gasteiger partial charge >= 0.3 is 0 Å². The summed E-state index contributed by atoms with van der Waals surface area (Å²) < 4.78 is 37.4. The number of anilines is 1. The van der Waals surface area contributed by atoms with Gasteiger partial charge in [-0.15, -0.1) is 0 Å². The molecule has 168 valence electrons. The quantitative estimate of drug-likeness (QED) is 0.531. The Kier molecular flexibility index (Phi) is 6.61. The Bertz CT molecular complexity index is 963. The summed E-state index contributed by atoms with van der Waals surface area (Å²) in [4.78, 5) is 14.4. The molecule has 1 amide bonds. The first-order valence-electron chi connectivity index (χ1n) is 10.4. The molecule has 0 atom stereocenters. The minimum absolute atomic E-state index is 0.293. The number of hydrogen-bond donors (Lipinski definition) is 1. The third-order valence-corrected chi connectivity index (χ3v) is 7.50. The van der Waals surface area contributed by atoms with Crippen molar-refractivity contribution in [2.45, 2.75) is 12.8 Å². The highest BCUT2D eigenvalue weighted by Crippen LogP contribution is 2.25. The maximum absolute atomic E-state index is 12.7. The van der Waals surface area contributed by atoms with Crippen molar-refractivity contribution in [1.82, 2.24) is 9.37 Å². The predicted octanol–water partition coefficient (Wildman–Crippen LogP) is 2.00. The molecule has 2 fully saturated rings. The topological polar surface area (TPSA) is 104 Å². The number of nitrogens with zero attached hydrogens (tertiary/aromatic N) is 3. The number of ether oxygens (including phenoxy) is 1. The van der Waals surface area contributed by atoms with E-state index < -0.39 is 27.7 Å². The Morgan fingerprint density at radius 1 is 1.06 bits per heavy atom. The smallest absolute Gasteiger partial charge is 0.250 e. The molecule has 2 aliphatic heterocycles. The molecule has 3 heterocycles. The van der Waals surface area contributed by atoms with Crippen LogP contribution in [0.15, 0.2) is 47.1 Å². The molecule has 1 N–H and O–H groups in total. The van der Waals surface area contributed by atoms with Crippen LogP contribution in [0.2, 0.25) is 0 Å². The average molecular weight is 450 g/mol. The number of hydroxylamine groups is 2. The van der Waals surface area contributed by atoms with Crippen LogP contribution >= 0.6 is 0 Å². The van der Waals surface area contributed by atoms with Gasteiger partial charge in [0, 0.05) is 56.6 Å². The van der Waals surface area contributed by atoms with Crippen molar-refractivity contribution >= 4 is 21.6 Å². The first-order chi connectivity index (χ1) is 14.9. The van der Waals surface area contributed by atoms with Crippen LogP contribution in [0.1, 0.15) is 12.8 Å². The van der Waals surface area contributed by atoms with Crippen molar-refractivity contribution in [3.8, 4) is 11.3 Å². The van der Waals surface area contributed by atoms with Crippen LogP contribution in [-0.2, 0) is 19.6 Å². The van der Waals surface area contributed by atoms with Gasteiger partial charge in [-0.2, -0.15) is 4.31 Å². The lowest BCUT2D eigenvalue weighted by atomic mass is 10.00. The number of carbonyl (C=O) groups excluding carboxylic acids is 1. The molecular weight excluding hydrogens is 422 g/mol. The summed E-state index contributed by atoms with van der Waals surface area (Å²) in [6, 6.07) is 11.7. The molecule has 0 unspecified atom stereocenters. The van der Waals surface area contributed by atoms with Crippen molar-refractivity contribution in [3.63, 3.8) is 0 Å². The highest BCUT2D eigenvalue weighted by atomic mass is 32.2. The second-order valence-electron chi connectivity index (χ2n) is 7.78. The summed E-state index contributed by atoms with van der Waals surface area (Å²) >= 11 is 0. The van der Waals surface area contributed by atoms with Crippen molar-refractivity contribution < 1.29 is 27.6 Å². The van der Waals surface area contributed by atoms with Gasteiger partial charge in [0.15, 0.2) is 5.88 Å². The van der Waals surface area contributed by atoms with Crippen molar-refractivity contribution in [2.24, 2.45) is 5.92 Å². The van der Waals surface area contributed by atoms with Gasteiger partial charge in [-0.25, -0.2) is 13.5 Å². The molecular formula is C21H27N3O6S. The highest BCUT2D eigenvalue weighted by Gasteiger charge is 2.33. The number of piperazine rings is 1. The standard InChI is InChI=1S/C21H27N3O6S/c25-21(18-7-14-29-15-8-18)24(26)16-31(27,28)23-11-9-22(10-12-23)19-5-3-17(4-6-19)20-2-1-13-30-20/h1-6,13,18,26H,7-12,14-16H2. The van der Waals surface area contributed by atoms with Crippen molar-refractivity contribution in [3.05, 3.63) is 42.7 Å². The Morgan fingerprint density at radius 3 is 2.35 bits per heavy atom. The summed E-state index contributed by atoms with van der Waals surface area (Å²) in [5.74, 6) is -0.871. The maximum atomic E-state index is 12.7. The Hall–Kier alpha value is -2.40. The second kappa shape index (κ2) is 9.39. The van der Waals surface area contributed by atoms with Gasteiger partial charge in [-0.1, -0.05) is 0 Å². The van der Waals surface area contributed by atoms with Crippen molar-refractivity contribution in [1.29, 1.82) is 0 Å². The van der Waals surface area contributed by atoms with Crippen LogP contribution < -0.4 is 4.90 Å². The molecule has 2 aromatic rings. The van der Waals surface area contributed by atoms with E-state index in [4.69, 9.17) is 9.15 Å². The number of amides is 1. The molecule has 0 radical (unpaired) electrons. The van der Waals surface area contributed by atoms with Crippen LogP contribution in [-0.4, -0.2) is 74.2 Å². The molecule has 2 saturated heterocycles. The van der Waals surface area contributed by atoms with Gasteiger partial charge in [-0.05, 0) is 49.2 Å². The summed E-state index contributed by atoms with van der Waals surface area (Å²) in [7, 11) is -3.79. The first kappa shape index (κ1) is 21.8. The third kappa shape index (κ3) is 5.09. The van der Waals surface area contributed by atoms with Gasteiger partial charge in [0.2, 0.25) is 15.9 Å². The molecule has 31 heavy (non-hydrogen) atoms. The second-order valence-corrected chi connectivity index (χ2v) is 9.71. The van der Waals surface area contributed by atoms with Crippen LogP contribution in [0.5, 0.6) is 0 Å². The number of hydrogen-bond acceptors (Lipinski definition) is 7. The lowest BCUT2D eigenvalue weighted by Gasteiger charge is -2.36. The highest BCUT2D eigenvalue weighted by molar-refractivity contribution is 7.89. The predicted molar refractivity (Wildman–Crippen MR) is 114 cm³/mol. The van der Waals surface area contributed by atoms with E-state index in [0.717, 1.165) is 17.0 Å². The van der Waals surface area contributed by atoms with E-state index in [1.54, 1.807) is 6.26 Å². The fraction of sp³-hybridized carbons (Fsp3) is 0.476. The molecule has 1 aromatic carbocycles. The van der Waals surface area contributed by atoms with E-state index in [1.165, 1.54) is 4.31 Å². The number of sulfonamides is 1. The number of furan rings is 1. The van der Waals surface area contributed by atoms with Gasteiger partial charge in [-0.3, -0.25) is 10.0 Å². The SMILES string of the molecule is O=C(C1CCOCC1)N(O)CS(=O)(=O)N1CCN(c2ccc(-c3ccco3)cc2)CC1. The largest absolute Gasteiger partial charge is 0.464 e. The van der Waals surface area contributed by atoms with E-state index in [0.29, 0.717) is 57.3 Å². The Labute approximate surface area is 181 Å². The van der Waals surface area contributed by atoms with Crippen LogP contribution in [0.25, 0.3) is 11.3 Å². The van der Waals surface area contributed by atoms with E-state index in [9.17, 15) is 18.4 Å². The van der Waals surface area contributed by atoms with Gasteiger partial charge in [0.1, 0.15) is 5.76 Å². The first-order valence-corrected chi connectivity index (χ1v) is 12.0. The molecule has 4 rings (SSSR count). The van der Waals surface area contributed by atoms with Crippen LogP contribution in [0.4, 0.5) is 5.69 Å². The Morgan fingerprint density at radius 2 is 1.74 bits per heavy atom. The minimum Gasteiger partial charge on any atom is -0.464 e. The summed E-state index contributed by atoms with van der Waals surface area (Å²) in [6.07, 6.45) is 2.62. The van der Waals surface area contributed by atoms with Crippen molar-refractivity contribution in [2.75, 3.05) is 50.2 Å². The van der Waals surface area contributed by atoms with Gasteiger partial charge in [0.05, 0.1) is 6.26 Å². The van der Waals surface area contributed by atoms with E-state index in [1.807, 2.05) is 36.4 Å². The van der Waals surface area contributed by atoms with Crippen LogP contribution in [0, 0.1) is 5.92 Å². The summed E-state index contributed by atoms with van der Waals surface area (Å²) in [5, 5.41) is 10.4. The van der Waals surface area contributed by atoms with E-state index >= 15 is 0 Å². The zero-order chi connectivity index (χ0) is 21.8. The third-order valence-electron chi connectivity index (χ3n) is 5.78. The molecule has 1 aromatic heterocycles. The molecule has 0 aliphatic carbocycles. The fourth-order valence-corrected chi connectivity index (χ4v) is 5.28. The molecule has 9 nitrogen and oxygen atoms in total. The molecule has 10 heteroatoms. The molecule has 0 saturated carbocycles. The zero-order valence-corrected chi connectivity index (χ0v) is 18.0. The van der Waals surface area contributed by atoms with Gasteiger partial charge < -0.3 is 14.1 Å². The zero-order valence-electron chi connectivity index (χ0n) is 17.2. The molecule has 0 spiro atoms. The summed E-state index contributed by atoms with van der Waals surface area (Å²) in [6.45, 7) is 2.53.